The molecule has 2 aliphatic heterocycles. The average Bonchev–Trinajstić information content (AvgIpc) is 1.61. The lowest BCUT2D eigenvalue weighted by Crippen LogP contribution is -2.44. The maximum absolute atomic E-state index is 12.7. The van der Waals surface area contributed by atoms with Gasteiger partial charge in [-0.25, -0.2) is 4.79 Å². The number of nitrogens with one attached hydrogen (secondary N) is 1. The van der Waals surface area contributed by atoms with Gasteiger partial charge in [0, 0.05) is 162 Å². The van der Waals surface area contributed by atoms with Gasteiger partial charge >= 0.3 is 6.09 Å². The number of amides is 1. The SMILES string of the molecule is CC#N.CC(C)N(C(C)C)P(CC(=O)CO)N(C(C)C)C(C)C.CC(C)N(C(C)C)P(Cl)N(C(C)C)C(C)C.CCCCCCCC(=O)CP(N(C(C)C)C(C)C)N(C(C)C)C(C)C.NCCCCCCNC(=O)OCC1c2ccccc2-c2ccccc21.O=C(CO)CBr.[2H]C[C@H]1O[C@@H](C)[C@H](C)[C@@H]1O.[2H]C[C@H]1O[C@@H](C)[C@H](C)[C@@H]1OP(CC(=O)CCCCCCC)N(C(C)C)C(C)C.[3H]OC.[3H]OC. The number of aliphatic hydroxyl groups excluding tert-OH is 5. The summed E-state index contributed by atoms with van der Waals surface area (Å²) in [5, 5.41) is 43.9. The molecule has 2 aromatic rings. The molecule has 2 aromatic carbocycles. The van der Waals surface area contributed by atoms with Gasteiger partial charge < -0.3 is 55.3 Å². The summed E-state index contributed by atoms with van der Waals surface area (Å²) in [5.74, 6) is 1.06. The van der Waals surface area contributed by atoms with Crippen LogP contribution in [0.3, 0.4) is 0 Å². The number of aliphatic hydroxyl groups is 5. The normalized spacial score (nSPS) is 18.0. The van der Waals surface area contributed by atoms with Crippen molar-refractivity contribution in [1.82, 2.24) is 38.0 Å². The average molecular weight is 2080 g/mol. The number of nitrogens with two attached hydrogens (primary N) is 1. The summed E-state index contributed by atoms with van der Waals surface area (Å²) in [6.07, 6.45) is 18.1. The van der Waals surface area contributed by atoms with Crippen LogP contribution in [0.5, 0.6) is 0 Å². The van der Waals surface area contributed by atoms with Crippen molar-refractivity contribution >= 4 is 88.7 Å². The minimum absolute atomic E-state index is 0.0614. The van der Waals surface area contributed by atoms with E-state index in [0.717, 1.165) is 64.1 Å². The van der Waals surface area contributed by atoms with Crippen LogP contribution in [0, 0.1) is 23.2 Å². The number of Topliss-reactive ketones (excluding diaryl/α,β-unsaturated/α-hetero) is 4. The van der Waals surface area contributed by atoms with Crippen molar-refractivity contribution in [2.24, 2.45) is 17.6 Å². The van der Waals surface area contributed by atoms with Crippen molar-refractivity contribution in [1.29, 1.82) is 8.12 Å². The number of alkyl carbamates (subject to hydrolysis) is 1. The summed E-state index contributed by atoms with van der Waals surface area (Å²) in [5.41, 5.74) is 10.4. The molecule has 1 aliphatic carbocycles. The molecular formula is C105H206BrClN10O14P4. The Morgan fingerprint density at radius 1 is 0.496 bits per heavy atom. The van der Waals surface area contributed by atoms with Gasteiger partial charge in [-0.3, -0.25) is 51.9 Å². The topological polar surface area (TPSA) is 308 Å². The molecule has 1 amide bonds. The van der Waals surface area contributed by atoms with Crippen molar-refractivity contribution in [3.05, 3.63) is 59.7 Å². The molecule has 0 radical (unpaired) electrons. The monoisotopic (exact) mass is 2080 g/mol. The largest absolute Gasteiger partial charge is 0.449 e. The van der Waals surface area contributed by atoms with Crippen molar-refractivity contribution < 1.29 is 71.0 Å². The zero-order valence-electron chi connectivity index (χ0n) is 96.0. The van der Waals surface area contributed by atoms with Gasteiger partial charge in [0.15, 0.2) is 11.6 Å². The van der Waals surface area contributed by atoms with Gasteiger partial charge in [-0.1, -0.05) is 168 Å². The lowest BCUT2D eigenvalue weighted by molar-refractivity contribution is -0.120. The quantitative estimate of drug-likeness (QED) is 0.0184. The lowest BCUT2D eigenvalue weighted by Gasteiger charge is -2.47. The van der Waals surface area contributed by atoms with E-state index in [4.69, 9.17) is 56.8 Å². The number of ketones is 4. The van der Waals surface area contributed by atoms with E-state index in [-0.39, 0.29) is 98.3 Å². The molecule has 2 heterocycles. The van der Waals surface area contributed by atoms with Gasteiger partial charge in [0.1, 0.15) is 47.3 Å². The molecule has 0 spiro atoms. The second-order valence-electron chi connectivity index (χ2n) is 38.9. The second-order valence-corrected chi connectivity index (χ2v) is 47.5. The van der Waals surface area contributed by atoms with Crippen molar-refractivity contribution in [2.75, 3.05) is 70.9 Å². The highest BCUT2D eigenvalue weighted by molar-refractivity contribution is 9.09. The minimum Gasteiger partial charge on any atom is -0.449 e. The van der Waals surface area contributed by atoms with E-state index in [2.05, 4.69) is 322 Å². The highest BCUT2D eigenvalue weighted by Crippen LogP contribution is 2.55. The third-order valence-corrected chi connectivity index (χ3v) is 36.7. The van der Waals surface area contributed by atoms with E-state index in [1.54, 1.807) is 6.07 Å². The number of rotatable bonds is 52. The lowest BCUT2D eigenvalue weighted by atomic mass is 9.98. The number of nitrogens with zero attached hydrogens (tertiary/aromatic N) is 8. The number of alkyl halides is 1. The molecule has 30 heteroatoms. The fraction of sp³-hybridized carbons (Fsp3) is 0.829. The highest BCUT2D eigenvalue weighted by atomic mass is 79.9. The number of halogens is 2. The molecule has 24 nitrogen and oxygen atoms in total. The van der Waals surface area contributed by atoms with Crippen LogP contribution in [-0.4, -0.2) is 282 Å². The number of ether oxygens (including phenoxy) is 3. The summed E-state index contributed by atoms with van der Waals surface area (Å²) in [4.78, 5) is 59.2. The van der Waals surface area contributed by atoms with Crippen LogP contribution < -0.4 is 11.1 Å². The van der Waals surface area contributed by atoms with Gasteiger partial charge in [-0.2, -0.15) is 5.26 Å². The number of hydrogen-bond donors (Lipinski definition) is 7. The Bertz CT molecular complexity index is 3260. The first-order chi connectivity index (χ1) is 65.2. The van der Waals surface area contributed by atoms with Crippen molar-refractivity contribution in [3.8, 4) is 17.2 Å². The molecule has 2 saturated heterocycles. The molecule has 0 bridgehead atoms. The highest BCUT2D eigenvalue weighted by Gasteiger charge is 2.43. The molecule has 2 fully saturated rings. The molecule has 0 saturated carbocycles. The molecule has 5 rings (SSSR count). The van der Waals surface area contributed by atoms with E-state index in [9.17, 15) is 29.1 Å². The van der Waals surface area contributed by atoms with Crippen LogP contribution in [0.15, 0.2) is 48.5 Å². The summed E-state index contributed by atoms with van der Waals surface area (Å²) < 4.78 is 66.9. The first-order valence-corrected chi connectivity index (χ1v) is 58.2. The third-order valence-electron chi connectivity index (χ3n) is 22.7. The molecule has 3 aliphatic rings. The number of fused-ring (bicyclic) bond motifs is 3. The Hall–Kier alpha value is -2.27. The fourth-order valence-corrected chi connectivity index (χ4v) is 29.7. The zero-order chi connectivity index (χ0) is 108. The van der Waals surface area contributed by atoms with Crippen LogP contribution >= 0.6 is 59.5 Å². The van der Waals surface area contributed by atoms with E-state index < -0.39 is 38.4 Å². The van der Waals surface area contributed by atoms with Crippen LogP contribution in [0.1, 0.15) is 379 Å². The maximum Gasteiger partial charge on any atom is 0.407 e. The van der Waals surface area contributed by atoms with E-state index in [0.29, 0.717) is 128 Å². The smallest absolute Gasteiger partial charge is 0.407 e. The van der Waals surface area contributed by atoms with Gasteiger partial charge in [0.05, 0.1) is 66.5 Å². The number of carbonyl (C=O) groups is 5. The number of hydrogen-bond acceptors (Lipinski definition) is 23. The minimum atomic E-state index is -1.04. The zero-order valence-corrected chi connectivity index (χ0v) is 97.9. The Morgan fingerprint density at radius 2 is 0.815 bits per heavy atom. The number of unbranched alkanes of at least 4 members (excludes halogenated alkanes) is 11. The molecule has 135 heavy (non-hydrogen) atoms. The molecule has 794 valence electrons. The standard InChI is InChI=1S/C22H44NO3P.C21H26N2O2.C21H45N2OP.C15H33N2O2P.C12H28ClN2P.C7H14O2.C3H5BrO2.C2H3N.2CH4O/c1-9-10-11-12-13-14-21(24)15-27(23(16(2)3)17(4)5)26-22-18(6)19(7)25-20(22)8;22-13-7-1-2-8-14-23-21(24)25-15-20-18-11-5-3-9-16(18)17-10-4-6-12-19(17)20;1-10-11-12-13-14-15-21(24)16-25(22(17(2)3)18(4)5)23(19(6)7)20(8)9;1-11(2)16(12(3)4)20(10-15(19)9-18)17(13(5)6)14(7)8;1-9(2)14(10(3)4)16(13)15(11(5)6)12(7)8;1-4-5(2)9-6(3)7(4)8;4-1-3(6)2-5;1-2-3;2*1-2/h16-20,22H,9-15H2,1-8H3;3-6,9-12,20H,1-2,7-8,13-15,22H2,(H,23,24);17-20H,10-16H2,1-9H3;11-14,18H,9-10H2,1-8H3;9-12H,1-8H3;4-8H,1-3H3;5H,1-2H2;1H3;2*2H,1H3/t18-,19-,20+,22-,27?;;;;;4-,5-,6+,7-;;;;/m0....0..../s1/i8D;;;;;3D;;;2*2T. The van der Waals surface area contributed by atoms with Gasteiger partial charge in [-0.15, -0.1) is 0 Å². The van der Waals surface area contributed by atoms with Crippen molar-refractivity contribution in [2.45, 2.75) is 486 Å². The van der Waals surface area contributed by atoms with Gasteiger partial charge in [0.25, 0.3) is 0 Å². The number of carbonyl (C=O) groups excluding carboxylic acids is 5. The molecular weight excluding hydrogens is 1860 g/mol. The first-order valence-electron chi connectivity index (χ1n) is 52.9. The second kappa shape index (κ2) is 82.0. The Kier molecular flexibility index (Phi) is 80.6. The van der Waals surface area contributed by atoms with Crippen LogP contribution in [0.4, 0.5) is 4.79 Å². The Labute approximate surface area is 852 Å². The predicted molar refractivity (Wildman–Crippen MR) is 585 cm³/mol. The molecule has 0 aromatic heterocycles. The van der Waals surface area contributed by atoms with Crippen LogP contribution in [-0.2, 0) is 37.9 Å². The first kappa shape index (κ1) is 133. The molecule has 1 unspecified atom stereocenters. The summed E-state index contributed by atoms with van der Waals surface area (Å²) in [7, 11) is -0.510. The van der Waals surface area contributed by atoms with E-state index in [1.807, 2.05) is 26.0 Å². The summed E-state index contributed by atoms with van der Waals surface area (Å²) in [6.45, 7) is 77.4. The fourth-order valence-electron chi connectivity index (χ4n) is 17.0. The third kappa shape index (κ3) is 57.3. The van der Waals surface area contributed by atoms with Gasteiger partial charge in [0.2, 0.25) is 2.86 Å². The maximum atomic E-state index is 12.7. The number of nitriles is 1. The van der Waals surface area contributed by atoms with Gasteiger partial charge in [-0.05, 0) is 276 Å². The van der Waals surface area contributed by atoms with Crippen LogP contribution in [0.2, 0.25) is 0 Å². The van der Waals surface area contributed by atoms with E-state index in [1.165, 1.54) is 88.3 Å². The molecule has 8 N–H and O–H groups in total. The van der Waals surface area contributed by atoms with Crippen molar-refractivity contribution in [3.63, 3.8) is 0 Å². The Morgan fingerprint density at radius 3 is 1.12 bits per heavy atom. The summed E-state index contributed by atoms with van der Waals surface area (Å²) in [6, 6.07) is 24.4. The van der Waals surface area contributed by atoms with E-state index >= 15 is 0 Å². The summed E-state index contributed by atoms with van der Waals surface area (Å²) >= 11 is 9.57. The van der Waals surface area contributed by atoms with Crippen LogP contribution in [0.25, 0.3) is 11.1 Å². The molecule has 9 atom stereocenters. The number of benzene rings is 2. The Balaban J connectivity index is -0.000000509. The predicted octanol–water partition coefficient (Wildman–Crippen LogP) is 25.0.